The number of Topliss-reactive ketones (excluding diaryl/α,β-unsaturated/α-hetero) is 1. The van der Waals surface area contributed by atoms with Crippen LogP contribution in [0.2, 0.25) is 0 Å². The molecule has 1 aromatic heterocycles. The van der Waals surface area contributed by atoms with E-state index in [2.05, 4.69) is 16.7 Å². The van der Waals surface area contributed by atoms with Crippen molar-refractivity contribution in [3.05, 3.63) is 66.0 Å². The van der Waals surface area contributed by atoms with Crippen molar-refractivity contribution >= 4 is 5.78 Å². The van der Waals surface area contributed by atoms with Crippen LogP contribution in [0.3, 0.4) is 0 Å². The molecule has 0 N–H and O–H groups in total. The summed E-state index contributed by atoms with van der Waals surface area (Å²) in [6, 6.07) is 16.3. The zero-order valence-electron chi connectivity index (χ0n) is 12.4. The van der Waals surface area contributed by atoms with E-state index in [1.54, 1.807) is 0 Å². The zero-order chi connectivity index (χ0) is 14.5. The maximum Gasteiger partial charge on any atom is 0.249 e. The Balaban J connectivity index is 1.83. The van der Waals surface area contributed by atoms with Gasteiger partial charge in [0.15, 0.2) is 12.7 Å². The SMILES string of the molecule is O=C(c1cccc[n+]1Cc1ccccc1)C1CCCCC1. The van der Waals surface area contributed by atoms with Crippen molar-refractivity contribution in [2.45, 2.75) is 38.6 Å². The molecular formula is C19H22NO+. The van der Waals surface area contributed by atoms with Crippen LogP contribution in [0.1, 0.15) is 48.2 Å². The summed E-state index contributed by atoms with van der Waals surface area (Å²) in [4.78, 5) is 12.8. The molecule has 0 aliphatic heterocycles. The molecular weight excluding hydrogens is 258 g/mol. The first-order chi connectivity index (χ1) is 10.3. The highest BCUT2D eigenvalue weighted by Gasteiger charge is 2.28. The highest BCUT2D eigenvalue weighted by Crippen LogP contribution is 2.26. The van der Waals surface area contributed by atoms with Crippen LogP contribution in [0.4, 0.5) is 0 Å². The Morgan fingerprint density at radius 3 is 2.43 bits per heavy atom. The molecule has 0 amide bonds. The van der Waals surface area contributed by atoms with Crippen molar-refractivity contribution in [1.29, 1.82) is 0 Å². The molecule has 0 spiro atoms. The molecule has 3 rings (SSSR count). The zero-order valence-corrected chi connectivity index (χ0v) is 12.4. The van der Waals surface area contributed by atoms with E-state index >= 15 is 0 Å². The van der Waals surface area contributed by atoms with Crippen LogP contribution in [-0.2, 0) is 6.54 Å². The number of hydrogen-bond acceptors (Lipinski definition) is 1. The highest BCUT2D eigenvalue weighted by molar-refractivity contribution is 5.94. The van der Waals surface area contributed by atoms with Crippen LogP contribution < -0.4 is 4.57 Å². The van der Waals surface area contributed by atoms with E-state index in [4.69, 9.17) is 0 Å². The van der Waals surface area contributed by atoms with Crippen LogP contribution in [0.25, 0.3) is 0 Å². The fourth-order valence-corrected chi connectivity index (χ4v) is 3.19. The van der Waals surface area contributed by atoms with Crippen LogP contribution >= 0.6 is 0 Å². The molecule has 0 bridgehead atoms. The maximum atomic E-state index is 12.8. The Bertz CT molecular complexity index is 600. The second-order valence-electron chi connectivity index (χ2n) is 5.90. The summed E-state index contributed by atoms with van der Waals surface area (Å²) in [5.41, 5.74) is 2.08. The van der Waals surface area contributed by atoms with Gasteiger partial charge < -0.3 is 0 Å². The molecule has 1 aliphatic rings. The molecule has 1 fully saturated rings. The van der Waals surface area contributed by atoms with Crippen LogP contribution in [-0.4, -0.2) is 5.78 Å². The van der Waals surface area contributed by atoms with Gasteiger partial charge in [-0.2, -0.15) is 4.57 Å². The maximum absolute atomic E-state index is 12.8. The Hall–Kier alpha value is -1.96. The number of carbonyl (C=O) groups excluding carboxylic acids is 1. The molecule has 1 aliphatic carbocycles. The largest absolute Gasteiger partial charge is 0.287 e. The second-order valence-corrected chi connectivity index (χ2v) is 5.90. The van der Waals surface area contributed by atoms with E-state index < -0.39 is 0 Å². The number of nitrogens with zero attached hydrogens (tertiary/aromatic N) is 1. The van der Waals surface area contributed by atoms with Crippen molar-refractivity contribution in [3.63, 3.8) is 0 Å². The van der Waals surface area contributed by atoms with Crippen molar-refractivity contribution in [3.8, 4) is 0 Å². The fourth-order valence-electron chi connectivity index (χ4n) is 3.19. The number of carbonyl (C=O) groups is 1. The molecule has 0 radical (unpaired) electrons. The fraction of sp³-hybridized carbons (Fsp3) is 0.368. The van der Waals surface area contributed by atoms with Crippen LogP contribution in [0.5, 0.6) is 0 Å². The normalized spacial score (nSPS) is 15.8. The smallest absolute Gasteiger partial charge is 0.249 e. The first-order valence-corrected chi connectivity index (χ1v) is 7.91. The van der Waals surface area contributed by atoms with Gasteiger partial charge in [-0.25, -0.2) is 0 Å². The Kier molecular flexibility index (Phi) is 4.44. The summed E-state index contributed by atoms with van der Waals surface area (Å²) in [6.07, 6.45) is 7.80. The number of rotatable bonds is 4. The van der Waals surface area contributed by atoms with Gasteiger partial charge in [-0.15, -0.1) is 0 Å². The average molecular weight is 280 g/mol. The lowest BCUT2D eigenvalue weighted by atomic mass is 9.85. The lowest BCUT2D eigenvalue weighted by molar-refractivity contribution is -0.690. The van der Waals surface area contributed by atoms with Gasteiger partial charge in [-0.1, -0.05) is 49.6 Å². The summed E-state index contributed by atoms with van der Waals surface area (Å²) in [5.74, 6) is 0.550. The molecule has 108 valence electrons. The molecule has 0 atom stereocenters. The van der Waals surface area contributed by atoms with Gasteiger partial charge in [0.1, 0.15) is 0 Å². The predicted molar refractivity (Wildman–Crippen MR) is 83.1 cm³/mol. The molecule has 1 heterocycles. The Labute approximate surface area is 126 Å². The molecule has 2 nitrogen and oxygen atoms in total. The van der Waals surface area contributed by atoms with Crippen molar-refractivity contribution in [2.75, 3.05) is 0 Å². The van der Waals surface area contributed by atoms with Gasteiger partial charge in [0.25, 0.3) is 0 Å². The monoisotopic (exact) mass is 280 g/mol. The number of ketones is 1. The van der Waals surface area contributed by atoms with E-state index in [9.17, 15) is 4.79 Å². The van der Waals surface area contributed by atoms with Gasteiger partial charge in [0, 0.05) is 23.6 Å². The van der Waals surface area contributed by atoms with E-state index in [1.807, 2.05) is 42.6 Å². The number of benzene rings is 1. The summed E-state index contributed by atoms with van der Waals surface area (Å²) in [5, 5.41) is 0. The second kappa shape index (κ2) is 6.66. The summed E-state index contributed by atoms with van der Waals surface area (Å²) >= 11 is 0. The molecule has 2 heteroatoms. The van der Waals surface area contributed by atoms with E-state index in [0.29, 0.717) is 5.78 Å². The summed E-state index contributed by atoms with van der Waals surface area (Å²) in [6.45, 7) is 0.759. The van der Waals surface area contributed by atoms with Crippen molar-refractivity contribution in [1.82, 2.24) is 0 Å². The van der Waals surface area contributed by atoms with Gasteiger partial charge >= 0.3 is 0 Å². The number of pyridine rings is 1. The lowest BCUT2D eigenvalue weighted by Gasteiger charge is -2.19. The third-order valence-electron chi connectivity index (χ3n) is 4.36. The third kappa shape index (κ3) is 3.38. The number of hydrogen-bond donors (Lipinski definition) is 0. The standard InChI is InChI=1S/C19H22NO/c21-19(17-11-5-2-6-12-17)18-13-7-8-14-20(18)15-16-9-3-1-4-10-16/h1,3-4,7-10,13-14,17H,2,5-6,11-12,15H2/q+1. The summed E-state index contributed by atoms with van der Waals surface area (Å²) in [7, 11) is 0. The molecule has 21 heavy (non-hydrogen) atoms. The van der Waals surface area contributed by atoms with Crippen molar-refractivity contribution < 1.29 is 9.36 Å². The predicted octanol–water partition coefficient (Wildman–Crippen LogP) is 3.79. The van der Waals surface area contributed by atoms with Crippen LogP contribution in [0.15, 0.2) is 54.7 Å². The number of aromatic nitrogens is 1. The van der Waals surface area contributed by atoms with E-state index in [1.165, 1.54) is 24.8 Å². The van der Waals surface area contributed by atoms with Crippen molar-refractivity contribution in [2.24, 2.45) is 5.92 Å². The lowest BCUT2D eigenvalue weighted by Crippen LogP contribution is -2.42. The Morgan fingerprint density at radius 1 is 0.952 bits per heavy atom. The molecule has 0 saturated heterocycles. The van der Waals surface area contributed by atoms with Gasteiger partial charge in [0.2, 0.25) is 11.5 Å². The minimum atomic E-state index is 0.225. The van der Waals surface area contributed by atoms with E-state index in [-0.39, 0.29) is 5.92 Å². The van der Waals surface area contributed by atoms with Crippen LogP contribution in [0, 0.1) is 5.92 Å². The van der Waals surface area contributed by atoms with E-state index in [0.717, 1.165) is 25.1 Å². The molecule has 1 aromatic carbocycles. The third-order valence-corrected chi connectivity index (χ3v) is 4.36. The molecule has 0 unspecified atom stereocenters. The van der Waals surface area contributed by atoms with Gasteiger partial charge in [0.05, 0.1) is 0 Å². The minimum Gasteiger partial charge on any atom is -0.287 e. The topological polar surface area (TPSA) is 20.9 Å². The summed E-state index contributed by atoms with van der Waals surface area (Å²) < 4.78 is 2.09. The Morgan fingerprint density at radius 2 is 1.67 bits per heavy atom. The van der Waals surface area contributed by atoms with Gasteiger partial charge in [-0.05, 0) is 18.9 Å². The minimum absolute atomic E-state index is 0.225. The highest BCUT2D eigenvalue weighted by atomic mass is 16.1. The van der Waals surface area contributed by atoms with Gasteiger partial charge in [-0.3, -0.25) is 4.79 Å². The quantitative estimate of drug-likeness (QED) is 0.616. The average Bonchev–Trinajstić information content (AvgIpc) is 2.56. The molecule has 2 aromatic rings. The first kappa shape index (κ1) is 14.0. The first-order valence-electron chi connectivity index (χ1n) is 7.91. The molecule has 1 saturated carbocycles.